The van der Waals surface area contributed by atoms with Crippen molar-refractivity contribution in [2.45, 2.75) is 33.9 Å². The molecule has 0 aliphatic carbocycles. The Morgan fingerprint density at radius 2 is 1.85 bits per heavy atom. The van der Waals surface area contributed by atoms with E-state index in [9.17, 15) is 0 Å². The molecule has 27 heavy (non-hydrogen) atoms. The maximum absolute atomic E-state index is 5.66. The van der Waals surface area contributed by atoms with Crippen LogP contribution >= 0.6 is 24.0 Å². The summed E-state index contributed by atoms with van der Waals surface area (Å²) >= 11 is 0. The van der Waals surface area contributed by atoms with Crippen LogP contribution in [0.3, 0.4) is 0 Å². The van der Waals surface area contributed by atoms with Crippen LogP contribution in [0.25, 0.3) is 0 Å². The zero-order chi connectivity index (χ0) is 18.9. The number of para-hydroxylation sites is 1. The van der Waals surface area contributed by atoms with Gasteiger partial charge in [-0.15, -0.1) is 24.0 Å². The zero-order valence-electron chi connectivity index (χ0n) is 16.6. The molecule has 0 spiro atoms. The van der Waals surface area contributed by atoms with E-state index >= 15 is 0 Å². The van der Waals surface area contributed by atoms with E-state index in [2.05, 4.69) is 20.6 Å². The smallest absolute Gasteiger partial charge is 0.191 e. The lowest BCUT2D eigenvalue weighted by Crippen LogP contribution is -2.36. The number of methoxy groups -OCH3 is 1. The van der Waals surface area contributed by atoms with Crippen molar-refractivity contribution >= 4 is 29.9 Å². The summed E-state index contributed by atoms with van der Waals surface area (Å²) in [5.41, 5.74) is 4.09. The standard InChI is InChI=1S/C20H28N4O2.HI/c1-6-26-18-10-8-7-9-16(18)12-23-20(21-4)24-13-17-15(3)19(25-5)14(2)11-22-17;/h7-11H,6,12-13H2,1-5H3,(H2,21,23,24);1H. The number of nitrogens with zero attached hydrogens (tertiary/aromatic N) is 2. The average Bonchev–Trinajstić information content (AvgIpc) is 2.65. The van der Waals surface area contributed by atoms with E-state index in [1.54, 1.807) is 14.2 Å². The molecule has 0 aliphatic heterocycles. The molecule has 0 bridgehead atoms. The number of halogens is 1. The van der Waals surface area contributed by atoms with Crippen molar-refractivity contribution in [2.75, 3.05) is 20.8 Å². The van der Waals surface area contributed by atoms with Crippen LogP contribution in [0.1, 0.15) is 29.3 Å². The first-order chi connectivity index (χ1) is 12.6. The number of hydrogen-bond acceptors (Lipinski definition) is 4. The predicted molar refractivity (Wildman–Crippen MR) is 120 cm³/mol. The minimum atomic E-state index is 0. The Bertz CT molecular complexity index is 766. The number of nitrogens with one attached hydrogen (secondary N) is 2. The third kappa shape index (κ3) is 6.27. The van der Waals surface area contributed by atoms with Crippen molar-refractivity contribution < 1.29 is 9.47 Å². The highest BCUT2D eigenvalue weighted by Gasteiger charge is 2.10. The van der Waals surface area contributed by atoms with Gasteiger partial charge < -0.3 is 20.1 Å². The number of rotatable bonds is 7. The highest BCUT2D eigenvalue weighted by Crippen LogP contribution is 2.23. The van der Waals surface area contributed by atoms with E-state index in [-0.39, 0.29) is 24.0 Å². The summed E-state index contributed by atoms with van der Waals surface area (Å²) in [5, 5.41) is 6.61. The molecule has 1 aromatic carbocycles. The van der Waals surface area contributed by atoms with E-state index in [1.165, 1.54) is 0 Å². The molecule has 6 nitrogen and oxygen atoms in total. The third-order valence-corrected chi connectivity index (χ3v) is 4.12. The van der Waals surface area contributed by atoms with Gasteiger partial charge in [0.15, 0.2) is 5.96 Å². The van der Waals surface area contributed by atoms with Crippen molar-refractivity contribution in [1.82, 2.24) is 15.6 Å². The normalized spacial score (nSPS) is 10.8. The fourth-order valence-corrected chi connectivity index (χ4v) is 2.76. The maximum Gasteiger partial charge on any atom is 0.191 e. The number of pyridine rings is 1. The van der Waals surface area contributed by atoms with Gasteiger partial charge in [0.2, 0.25) is 0 Å². The summed E-state index contributed by atoms with van der Waals surface area (Å²) in [6, 6.07) is 7.99. The molecule has 0 saturated heterocycles. The molecular weight excluding hydrogens is 455 g/mol. The van der Waals surface area contributed by atoms with Gasteiger partial charge in [-0.05, 0) is 26.8 Å². The van der Waals surface area contributed by atoms with Crippen LogP contribution < -0.4 is 20.1 Å². The first-order valence-corrected chi connectivity index (χ1v) is 8.75. The number of aliphatic imine (C=N–C) groups is 1. The molecule has 0 aliphatic rings. The Morgan fingerprint density at radius 3 is 2.52 bits per heavy atom. The van der Waals surface area contributed by atoms with Crippen molar-refractivity contribution in [3.8, 4) is 11.5 Å². The van der Waals surface area contributed by atoms with Gasteiger partial charge in [0, 0.05) is 36.5 Å². The molecule has 2 rings (SSSR count). The Morgan fingerprint density at radius 1 is 1.15 bits per heavy atom. The minimum absolute atomic E-state index is 0. The van der Waals surface area contributed by atoms with Crippen LogP contribution in [0.15, 0.2) is 35.5 Å². The summed E-state index contributed by atoms with van der Waals surface area (Å²) in [4.78, 5) is 8.78. The number of ether oxygens (including phenoxy) is 2. The van der Waals surface area contributed by atoms with Crippen molar-refractivity contribution in [2.24, 2.45) is 4.99 Å². The van der Waals surface area contributed by atoms with E-state index in [0.29, 0.717) is 25.7 Å². The Balaban J connectivity index is 0.00000364. The molecular formula is C20H29IN4O2. The molecule has 0 unspecified atom stereocenters. The zero-order valence-corrected chi connectivity index (χ0v) is 19.0. The summed E-state index contributed by atoms with van der Waals surface area (Å²) < 4.78 is 11.1. The monoisotopic (exact) mass is 484 g/mol. The molecule has 0 radical (unpaired) electrons. The third-order valence-electron chi connectivity index (χ3n) is 4.12. The molecule has 1 heterocycles. The molecule has 2 aromatic rings. The molecule has 1 aromatic heterocycles. The molecule has 0 saturated carbocycles. The topological polar surface area (TPSA) is 67.8 Å². The number of benzene rings is 1. The number of aryl methyl sites for hydroxylation is 1. The lowest BCUT2D eigenvalue weighted by molar-refractivity contribution is 0.336. The molecule has 148 valence electrons. The van der Waals surface area contributed by atoms with E-state index in [4.69, 9.17) is 9.47 Å². The van der Waals surface area contributed by atoms with Crippen LogP contribution in [0.5, 0.6) is 11.5 Å². The summed E-state index contributed by atoms with van der Waals surface area (Å²) in [6.07, 6.45) is 1.83. The second-order valence-electron chi connectivity index (χ2n) is 5.87. The lowest BCUT2D eigenvalue weighted by Gasteiger charge is -2.16. The predicted octanol–water partition coefficient (Wildman–Crippen LogP) is 3.59. The summed E-state index contributed by atoms with van der Waals surface area (Å²) in [7, 11) is 3.43. The fraction of sp³-hybridized carbons (Fsp3) is 0.400. The molecule has 0 fully saturated rings. The second kappa shape index (κ2) is 11.6. The molecule has 0 atom stereocenters. The van der Waals surface area contributed by atoms with Crippen LogP contribution in [-0.2, 0) is 13.1 Å². The number of aromatic nitrogens is 1. The average molecular weight is 484 g/mol. The van der Waals surface area contributed by atoms with Gasteiger partial charge in [-0.3, -0.25) is 9.98 Å². The number of guanidine groups is 1. The highest BCUT2D eigenvalue weighted by molar-refractivity contribution is 14.0. The van der Waals surface area contributed by atoms with Gasteiger partial charge in [-0.2, -0.15) is 0 Å². The van der Waals surface area contributed by atoms with Gasteiger partial charge in [0.1, 0.15) is 11.5 Å². The van der Waals surface area contributed by atoms with Gasteiger partial charge in [0.05, 0.1) is 26.0 Å². The van der Waals surface area contributed by atoms with Crippen LogP contribution in [0, 0.1) is 13.8 Å². The number of hydrogen-bond donors (Lipinski definition) is 2. The first-order valence-electron chi connectivity index (χ1n) is 8.75. The first kappa shape index (κ1) is 23.0. The van der Waals surface area contributed by atoms with Crippen molar-refractivity contribution in [3.63, 3.8) is 0 Å². The summed E-state index contributed by atoms with van der Waals surface area (Å²) in [6.45, 7) is 7.82. The Kier molecular flexibility index (Phi) is 9.92. The van der Waals surface area contributed by atoms with Gasteiger partial charge >= 0.3 is 0 Å². The Labute approximate surface area is 178 Å². The van der Waals surface area contributed by atoms with Crippen LogP contribution in [0.2, 0.25) is 0 Å². The molecule has 7 heteroatoms. The van der Waals surface area contributed by atoms with E-state index < -0.39 is 0 Å². The van der Waals surface area contributed by atoms with Crippen molar-refractivity contribution in [1.29, 1.82) is 0 Å². The molecule has 0 amide bonds. The highest BCUT2D eigenvalue weighted by atomic mass is 127. The van der Waals surface area contributed by atoms with Crippen LogP contribution in [-0.4, -0.2) is 31.7 Å². The largest absolute Gasteiger partial charge is 0.496 e. The van der Waals surface area contributed by atoms with Crippen LogP contribution in [0.4, 0.5) is 0 Å². The fourth-order valence-electron chi connectivity index (χ4n) is 2.76. The minimum Gasteiger partial charge on any atom is -0.496 e. The quantitative estimate of drug-likeness (QED) is 0.357. The summed E-state index contributed by atoms with van der Waals surface area (Å²) in [5.74, 6) is 2.47. The second-order valence-corrected chi connectivity index (χ2v) is 5.87. The maximum atomic E-state index is 5.66. The van der Waals surface area contributed by atoms with E-state index in [1.807, 2.05) is 51.2 Å². The molecule has 2 N–H and O–H groups in total. The SMILES string of the molecule is CCOc1ccccc1CNC(=NC)NCc1ncc(C)c(OC)c1C.I. The lowest BCUT2D eigenvalue weighted by atomic mass is 10.1. The van der Waals surface area contributed by atoms with Gasteiger partial charge in [-0.1, -0.05) is 18.2 Å². The van der Waals surface area contributed by atoms with Gasteiger partial charge in [-0.25, -0.2) is 0 Å². The van der Waals surface area contributed by atoms with Gasteiger partial charge in [0.25, 0.3) is 0 Å². The van der Waals surface area contributed by atoms with Crippen molar-refractivity contribution in [3.05, 3.63) is 52.8 Å². The van der Waals surface area contributed by atoms with E-state index in [0.717, 1.165) is 33.9 Å². The Hall–Kier alpha value is -2.03.